The second-order valence-corrected chi connectivity index (χ2v) is 4.63. The molecule has 100 valence electrons. The quantitative estimate of drug-likeness (QED) is 0.860. The van der Waals surface area contributed by atoms with Crippen LogP contribution >= 0.6 is 23.2 Å². The second-order valence-electron chi connectivity index (χ2n) is 3.81. The van der Waals surface area contributed by atoms with Gasteiger partial charge in [0.15, 0.2) is 0 Å². The Morgan fingerprint density at radius 1 is 1.42 bits per heavy atom. The van der Waals surface area contributed by atoms with Gasteiger partial charge in [0.05, 0.1) is 29.2 Å². The molecule has 2 aromatic rings. The number of nitrogens with zero attached hydrogens (tertiary/aromatic N) is 2. The maximum Gasteiger partial charge on any atom is 0.0948 e. The highest BCUT2D eigenvalue weighted by molar-refractivity contribution is 6.42. The Balaban J connectivity index is 2.23. The van der Waals surface area contributed by atoms with Crippen LogP contribution in [0.25, 0.3) is 5.70 Å². The van der Waals surface area contributed by atoms with Crippen molar-refractivity contribution in [3.63, 3.8) is 0 Å². The number of hydroxylamine groups is 1. The molecule has 0 aliphatic heterocycles. The van der Waals surface area contributed by atoms with Gasteiger partial charge in [0, 0.05) is 24.5 Å². The minimum atomic E-state index is 0.505. The van der Waals surface area contributed by atoms with E-state index in [0.717, 1.165) is 11.3 Å². The highest BCUT2D eigenvalue weighted by Gasteiger charge is 2.04. The molecule has 0 spiro atoms. The summed E-state index contributed by atoms with van der Waals surface area (Å²) in [5.74, 6) is 0. The van der Waals surface area contributed by atoms with Crippen LogP contribution in [0.5, 0.6) is 0 Å². The van der Waals surface area contributed by atoms with Crippen molar-refractivity contribution in [2.45, 2.75) is 6.54 Å². The van der Waals surface area contributed by atoms with Gasteiger partial charge in [-0.05, 0) is 18.2 Å². The zero-order chi connectivity index (χ0) is 13.7. The molecule has 6 heteroatoms. The van der Waals surface area contributed by atoms with Gasteiger partial charge in [-0.3, -0.25) is 10.3 Å². The Bertz CT molecular complexity index is 567. The molecule has 0 saturated heterocycles. The fourth-order valence-electron chi connectivity index (χ4n) is 1.58. The molecule has 0 aliphatic rings. The second kappa shape index (κ2) is 6.61. The van der Waals surface area contributed by atoms with Crippen molar-refractivity contribution in [3.8, 4) is 0 Å². The molecule has 0 radical (unpaired) electrons. The van der Waals surface area contributed by atoms with Gasteiger partial charge in [0.1, 0.15) is 0 Å². The summed E-state index contributed by atoms with van der Waals surface area (Å²) in [5.41, 5.74) is 4.55. The Kier molecular flexibility index (Phi) is 4.85. The molecule has 0 fully saturated rings. The van der Waals surface area contributed by atoms with Crippen LogP contribution in [-0.4, -0.2) is 16.7 Å². The lowest BCUT2D eigenvalue weighted by molar-refractivity contribution is 0.136. The van der Waals surface area contributed by atoms with Gasteiger partial charge in [-0.15, -0.1) is 0 Å². The van der Waals surface area contributed by atoms with E-state index in [1.807, 2.05) is 22.9 Å². The zero-order valence-corrected chi connectivity index (χ0v) is 11.8. The van der Waals surface area contributed by atoms with Gasteiger partial charge in [-0.1, -0.05) is 29.3 Å². The fraction of sp³-hybridized carbons (Fsp3) is 0.154. The maximum atomic E-state index is 6.01. The topological polar surface area (TPSA) is 39.1 Å². The van der Waals surface area contributed by atoms with Gasteiger partial charge in [0.2, 0.25) is 0 Å². The van der Waals surface area contributed by atoms with E-state index in [4.69, 9.17) is 28.0 Å². The van der Waals surface area contributed by atoms with Crippen molar-refractivity contribution >= 4 is 28.9 Å². The SMILES string of the molecule is CONC(=CCn1ccnc1)c1ccc(Cl)c(Cl)c1. The van der Waals surface area contributed by atoms with E-state index in [9.17, 15) is 0 Å². The average molecular weight is 298 g/mol. The molecule has 0 amide bonds. The number of allylic oxidation sites excluding steroid dienone is 1. The van der Waals surface area contributed by atoms with E-state index >= 15 is 0 Å². The monoisotopic (exact) mass is 297 g/mol. The fourth-order valence-corrected chi connectivity index (χ4v) is 1.88. The van der Waals surface area contributed by atoms with Crippen molar-refractivity contribution < 1.29 is 4.84 Å². The molecule has 19 heavy (non-hydrogen) atoms. The number of halogens is 2. The number of nitrogens with one attached hydrogen (secondary N) is 1. The van der Waals surface area contributed by atoms with E-state index < -0.39 is 0 Å². The molecular formula is C13H13Cl2N3O. The number of hydrogen-bond acceptors (Lipinski definition) is 3. The van der Waals surface area contributed by atoms with E-state index in [-0.39, 0.29) is 0 Å². The number of aromatic nitrogens is 2. The molecule has 1 heterocycles. The predicted octanol–water partition coefficient (Wildman–Crippen LogP) is 3.38. The third-order valence-electron chi connectivity index (χ3n) is 2.51. The molecule has 2 rings (SSSR count). The summed E-state index contributed by atoms with van der Waals surface area (Å²) < 4.78 is 1.94. The summed E-state index contributed by atoms with van der Waals surface area (Å²) in [4.78, 5) is 8.97. The highest BCUT2D eigenvalue weighted by Crippen LogP contribution is 2.25. The lowest BCUT2D eigenvalue weighted by Gasteiger charge is -2.10. The maximum absolute atomic E-state index is 6.01. The molecular weight excluding hydrogens is 285 g/mol. The Morgan fingerprint density at radius 3 is 2.89 bits per heavy atom. The first kappa shape index (κ1) is 13.9. The molecule has 1 N–H and O–H groups in total. The van der Waals surface area contributed by atoms with Crippen LogP contribution in [0.15, 0.2) is 43.0 Å². The third-order valence-corrected chi connectivity index (χ3v) is 3.25. The molecule has 0 aliphatic carbocycles. The Labute approximate surface area is 121 Å². The standard InChI is InChI=1S/C13H13Cl2N3O/c1-19-17-13(4-6-18-7-5-16-9-18)10-2-3-11(14)12(15)8-10/h2-5,7-9,17H,6H2,1H3. The van der Waals surface area contributed by atoms with Crippen molar-refractivity contribution in [3.05, 3.63) is 58.6 Å². The zero-order valence-electron chi connectivity index (χ0n) is 10.3. The Morgan fingerprint density at radius 2 is 2.26 bits per heavy atom. The number of benzene rings is 1. The van der Waals surface area contributed by atoms with Crippen LogP contribution < -0.4 is 5.48 Å². The highest BCUT2D eigenvalue weighted by atomic mass is 35.5. The summed E-state index contributed by atoms with van der Waals surface area (Å²) in [6.45, 7) is 0.673. The summed E-state index contributed by atoms with van der Waals surface area (Å²) in [6.07, 6.45) is 7.34. The first-order valence-electron chi connectivity index (χ1n) is 5.61. The summed E-state index contributed by atoms with van der Waals surface area (Å²) in [6, 6.07) is 5.41. The van der Waals surface area contributed by atoms with Crippen molar-refractivity contribution in [2.75, 3.05) is 7.11 Å². The number of hydrogen-bond donors (Lipinski definition) is 1. The molecule has 0 unspecified atom stereocenters. The Hall–Kier alpha value is -1.49. The van der Waals surface area contributed by atoms with E-state index in [1.165, 1.54) is 0 Å². The van der Waals surface area contributed by atoms with Gasteiger partial charge >= 0.3 is 0 Å². The van der Waals surface area contributed by atoms with Crippen LogP contribution in [0, 0.1) is 0 Å². The minimum Gasteiger partial charge on any atom is -0.334 e. The van der Waals surface area contributed by atoms with Gasteiger partial charge in [-0.2, -0.15) is 0 Å². The van der Waals surface area contributed by atoms with Crippen molar-refractivity contribution in [1.82, 2.24) is 15.0 Å². The van der Waals surface area contributed by atoms with Crippen molar-refractivity contribution in [2.24, 2.45) is 0 Å². The predicted molar refractivity (Wildman–Crippen MR) is 76.8 cm³/mol. The van der Waals surface area contributed by atoms with Crippen molar-refractivity contribution in [1.29, 1.82) is 0 Å². The summed E-state index contributed by atoms with van der Waals surface area (Å²) >= 11 is 11.9. The van der Waals surface area contributed by atoms with Gasteiger partial charge in [0.25, 0.3) is 0 Å². The van der Waals surface area contributed by atoms with Crippen LogP contribution in [0.3, 0.4) is 0 Å². The normalized spacial score (nSPS) is 11.6. The van der Waals surface area contributed by atoms with E-state index in [0.29, 0.717) is 16.6 Å². The van der Waals surface area contributed by atoms with Gasteiger partial charge < -0.3 is 4.57 Å². The molecule has 4 nitrogen and oxygen atoms in total. The summed E-state index contributed by atoms with van der Waals surface area (Å²) in [5, 5.41) is 1.03. The molecule has 1 aromatic carbocycles. The van der Waals surface area contributed by atoms with E-state index in [1.54, 1.807) is 31.8 Å². The lowest BCUT2D eigenvalue weighted by Crippen LogP contribution is -2.11. The average Bonchev–Trinajstić information content (AvgIpc) is 2.91. The largest absolute Gasteiger partial charge is 0.334 e. The van der Waals surface area contributed by atoms with Gasteiger partial charge in [-0.25, -0.2) is 4.98 Å². The smallest absolute Gasteiger partial charge is 0.0948 e. The number of imidazole rings is 1. The first-order chi connectivity index (χ1) is 9.20. The molecule has 0 atom stereocenters. The molecule has 0 bridgehead atoms. The van der Waals surface area contributed by atoms with Crippen LogP contribution in [-0.2, 0) is 11.4 Å². The first-order valence-corrected chi connectivity index (χ1v) is 6.36. The van der Waals surface area contributed by atoms with E-state index in [2.05, 4.69) is 10.5 Å². The minimum absolute atomic E-state index is 0.505. The third kappa shape index (κ3) is 3.73. The van der Waals surface area contributed by atoms with Crippen LogP contribution in [0.2, 0.25) is 10.0 Å². The lowest BCUT2D eigenvalue weighted by atomic mass is 10.1. The molecule has 0 saturated carbocycles. The number of rotatable bonds is 5. The molecule has 1 aromatic heterocycles. The summed E-state index contributed by atoms with van der Waals surface area (Å²) in [7, 11) is 1.56. The van der Waals surface area contributed by atoms with Crippen LogP contribution in [0.1, 0.15) is 5.56 Å². The van der Waals surface area contributed by atoms with Crippen LogP contribution in [0.4, 0.5) is 0 Å².